The predicted octanol–water partition coefficient (Wildman–Crippen LogP) is 5.02. The molecule has 0 saturated heterocycles. The van der Waals surface area contributed by atoms with E-state index in [1.54, 1.807) is 19.1 Å². The molecule has 4 heteroatoms. The molecule has 0 saturated carbocycles. The van der Waals surface area contributed by atoms with Crippen molar-refractivity contribution in [2.45, 2.75) is 20.1 Å². The molecule has 0 unspecified atom stereocenters. The minimum Gasteiger partial charge on any atom is -0.489 e. The molecule has 0 amide bonds. The van der Waals surface area contributed by atoms with Crippen LogP contribution < -0.4 is 9.47 Å². The number of hydrogen-bond acceptors (Lipinski definition) is 4. The molecule has 0 spiro atoms. The number of rotatable bonds is 8. The van der Waals surface area contributed by atoms with Crippen molar-refractivity contribution in [3.63, 3.8) is 0 Å². The maximum absolute atomic E-state index is 11.8. The van der Waals surface area contributed by atoms with Gasteiger partial charge in [0.1, 0.15) is 24.7 Å². The Morgan fingerprint density at radius 2 is 1.33 bits per heavy atom. The van der Waals surface area contributed by atoms with Crippen LogP contribution in [-0.4, -0.2) is 12.6 Å². The van der Waals surface area contributed by atoms with Crippen molar-refractivity contribution in [1.82, 2.24) is 0 Å². The van der Waals surface area contributed by atoms with Crippen molar-refractivity contribution in [1.29, 1.82) is 0 Å². The lowest BCUT2D eigenvalue weighted by Crippen LogP contribution is -2.05. The first-order valence-electron chi connectivity index (χ1n) is 8.90. The van der Waals surface area contributed by atoms with Crippen molar-refractivity contribution in [3.8, 4) is 11.5 Å². The summed E-state index contributed by atoms with van der Waals surface area (Å²) in [6, 6.07) is 24.8. The minimum atomic E-state index is -0.320. The van der Waals surface area contributed by atoms with E-state index in [9.17, 15) is 4.79 Å². The van der Waals surface area contributed by atoms with E-state index in [1.165, 1.54) is 0 Å². The number of esters is 1. The largest absolute Gasteiger partial charge is 0.489 e. The number of ether oxygens (including phenoxy) is 3. The molecule has 0 aliphatic heterocycles. The molecule has 3 aromatic carbocycles. The van der Waals surface area contributed by atoms with E-state index >= 15 is 0 Å². The molecule has 0 aliphatic rings. The molecule has 138 valence electrons. The zero-order valence-electron chi connectivity index (χ0n) is 15.3. The third kappa shape index (κ3) is 5.61. The van der Waals surface area contributed by atoms with Crippen LogP contribution in [0, 0.1) is 0 Å². The fourth-order valence-electron chi connectivity index (χ4n) is 2.54. The molecule has 0 N–H and O–H groups in total. The van der Waals surface area contributed by atoms with Crippen molar-refractivity contribution in [3.05, 3.63) is 95.6 Å². The van der Waals surface area contributed by atoms with E-state index in [2.05, 4.69) is 0 Å². The Hall–Kier alpha value is -3.27. The van der Waals surface area contributed by atoms with Crippen LogP contribution in [0.25, 0.3) is 0 Å². The molecule has 4 nitrogen and oxygen atoms in total. The van der Waals surface area contributed by atoms with Gasteiger partial charge in [0.05, 0.1) is 12.2 Å². The number of carbonyl (C=O) groups excluding carboxylic acids is 1. The molecule has 0 atom stereocenters. The second-order valence-electron chi connectivity index (χ2n) is 5.96. The van der Waals surface area contributed by atoms with Gasteiger partial charge in [-0.25, -0.2) is 4.79 Å². The number of hydrogen-bond donors (Lipinski definition) is 0. The van der Waals surface area contributed by atoms with E-state index in [0.717, 1.165) is 22.6 Å². The second-order valence-corrected chi connectivity index (χ2v) is 5.96. The standard InChI is InChI=1S/C23H22O4/c1-2-25-23(24)20-10-6-9-19(15-20)17-27-22-13-11-21(12-14-22)26-16-18-7-4-3-5-8-18/h3-15H,2,16-17H2,1H3. The number of carbonyl (C=O) groups is 1. The lowest BCUT2D eigenvalue weighted by Gasteiger charge is -2.10. The smallest absolute Gasteiger partial charge is 0.338 e. The molecular weight excluding hydrogens is 340 g/mol. The molecule has 3 rings (SSSR count). The summed E-state index contributed by atoms with van der Waals surface area (Å²) in [5.74, 6) is 1.21. The van der Waals surface area contributed by atoms with E-state index in [0.29, 0.717) is 25.4 Å². The summed E-state index contributed by atoms with van der Waals surface area (Å²) in [5.41, 5.74) is 2.56. The van der Waals surface area contributed by atoms with Crippen LogP contribution in [0.3, 0.4) is 0 Å². The lowest BCUT2D eigenvalue weighted by atomic mass is 10.1. The highest BCUT2D eigenvalue weighted by atomic mass is 16.5. The van der Waals surface area contributed by atoms with Gasteiger partial charge in [-0.15, -0.1) is 0 Å². The molecule has 0 bridgehead atoms. The van der Waals surface area contributed by atoms with Crippen molar-refractivity contribution in [2.24, 2.45) is 0 Å². The van der Waals surface area contributed by atoms with Gasteiger partial charge in [-0.2, -0.15) is 0 Å². The maximum Gasteiger partial charge on any atom is 0.338 e. The highest BCUT2D eigenvalue weighted by Crippen LogP contribution is 2.20. The minimum absolute atomic E-state index is 0.320. The zero-order valence-corrected chi connectivity index (χ0v) is 15.3. The van der Waals surface area contributed by atoms with Gasteiger partial charge >= 0.3 is 5.97 Å². The summed E-state index contributed by atoms with van der Waals surface area (Å²) in [5, 5.41) is 0. The van der Waals surface area contributed by atoms with Gasteiger partial charge in [-0.1, -0.05) is 42.5 Å². The topological polar surface area (TPSA) is 44.8 Å². The van der Waals surface area contributed by atoms with Crippen molar-refractivity contribution >= 4 is 5.97 Å². The SMILES string of the molecule is CCOC(=O)c1cccc(COc2ccc(OCc3ccccc3)cc2)c1. The van der Waals surface area contributed by atoms with Crippen molar-refractivity contribution in [2.75, 3.05) is 6.61 Å². The summed E-state index contributed by atoms with van der Waals surface area (Å²) >= 11 is 0. The summed E-state index contributed by atoms with van der Waals surface area (Å²) in [6.45, 7) is 3.05. The quantitative estimate of drug-likeness (QED) is 0.528. The average Bonchev–Trinajstić information content (AvgIpc) is 2.73. The summed E-state index contributed by atoms with van der Waals surface area (Å²) in [4.78, 5) is 11.8. The van der Waals surface area contributed by atoms with Gasteiger partial charge in [-0.05, 0) is 54.4 Å². The molecule has 3 aromatic rings. The Bertz CT molecular complexity index is 857. The van der Waals surface area contributed by atoms with E-state index < -0.39 is 0 Å². The Kier molecular flexibility index (Phi) is 6.47. The second kappa shape index (κ2) is 9.43. The van der Waals surface area contributed by atoms with Crippen LogP contribution >= 0.6 is 0 Å². The van der Waals surface area contributed by atoms with Gasteiger partial charge in [0.25, 0.3) is 0 Å². The maximum atomic E-state index is 11.8. The van der Waals surface area contributed by atoms with E-state index in [1.807, 2.05) is 66.7 Å². The average molecular weight is 362 g/mol. The normalized spacial score (nSPS) is 10.3. The number of benzene rings is 3. The molecular formula is C23H22O4. The monoisotopic (exact) mass is 362 g/mol. The summed E-state index contributed by atoms with van der Waals surface area (Å²) in [7, 11) is 0. The molecule has 0 aliphatic carbocycles. The first-order chi connectivity index (χ1) is 13.2. The van der Waals surface area contributed by atoms with E-state index in [-0.39, 0.29) is 5.97 Å². The van der Waals surface area contributed by atoms with Gasteiger partial charge in [0.15, 0.2) is 0 Å². The molecule has 27 heavy (non-hydrogen) atoms. The highest BCUT2D eigenvalue weighted by molar-refractivity contribution is 5.89. The molecule has 0 fully saturated rings. The van der Waals surface area contributed by atoms with Crippen LogP contribution in [0.2, 0.25) is 0 Å². The Morgan fingerprint density at radius 3 is 1.96 bits per heavy atom. The van der Waals surface area contributed by atoms with Gasteiger partial charge in [0, 0.05) is 0 Å². The molecule has 0 radical (unpaired) electrons. The fourth-order valence-corrected chi connectivity index (χ4v) is 2.54. The molecule has 0 aromatic heterocycles. The fraction of sp³-hybridized carbons (Fsp3) is 0.174. The third-order valence-electron chi connectivity index (χ3n) is 3.92. The van der Waals surface area contributed by atoms with Crippen LogP contribution in [0.1, 0.15) is 28.4 Å². The third-order valence-corrected chi connectivity index (χ3v) is 3.92. The van der Waals surface area contributed by atoms with Gasteiger partial charge in [0.2, 0.25) is 0 Å². The molecule has 0 heterocycles. The lowest BCUT2D eigenvalue weighted by molar-refractivity contribution is 0.0526. The van der Waals surface area contributed by atoms with Gasteiger partial charge < -0.3 is 14.2 Å². The van der Waals surface area contributed by atoms with Crippen LogP contribution in [0.4, 0.5) is 0 Å². The summed E-state index contributed by atoms with van der Waals surface area (Å²) in [6.07, 6.45) is 0. The first-order valence-corrected chi connectivity index (χ1v) is 8.90. The van der Waals surface area contributed by atoms with Crippen LogP contribution in [0.15, 0.2) is 78.9 Å². The highest BCUT2D eigenvalue weighted by Gasteiger charge is 2.07. The van der Waals surface area contributed by atoms with Gasteiger partial charge in [-0.3, -0.25) is 0 Å². The first kappa shape index (κ1) is 18.5. The van der Waals surface area contributed by atoms with E-state index in [4.69, 9.17) is 14.2 Å². The summed E-state index contributed by atoms with van der Waals surface area (Å²) < 4.78 is 16.6. The van der Waals surface area contributed by atoms with Crippen LogP contribution in [0.5, 0.6) is 11.5 Å². The zero-order chi connectivity index (χ0) is 18.9. The Labute approximate surface area is 159 Å². The Morgan fingerprint density at radius 1 is 0.741 bits per heavy atom. The van der Waals surface area contributed by atoms with Crippen LogP contribution in [-0.2, 0) is 18.0 Å². The van der Waals surface area contributed by atoms with Crippen molar-refractivity contribution < 1.29 is 19.0 Å². The Balaban J connectivity index is 1.53. The predicted molar refractivity (Wildman–Crippen MR) is 104 cm³/mol.